The Kier molecular flexibility index (Phi) is 4.41. The smallest absolute Gasteiger partial charge is 0.180 e. The number of Topliss-reactive ketones (excluding diaryl/α,β-unsaturated/α-hetero) is 2. The zero-order valence-corrected chi connectivity index (χ0v) is 16.1. The third kappa shape index (κ3) is 3.07. The van der Waals surface area contributed by atoms with Crippen LogP contribution < -0.4 is 0 Å². The molecule has 0 spiro atoms. The van der Waals surface area contributed by atoms with E-state index < -0.39 is 17.1 Å². The van der Waals surface area contributed by atoms with Crippen LogP contribution in [0.25, 0.3) is 10.6 Å². The molecule has 0 radical (unpaired) electrons. The van der Waals surface area contributed by atoms with Crippen LogP contribution in [0.1, 0.15) is 51.1 Å². The number of hydrogen-bond acceptors (Lipinski definition) is 5. The van der Waals surface area contributed by atoms with E-state index in [9.17, 15) is 9.59 Å². The first kappa shape index (κ1) is 18.0. The van der Waals surface area contributed by atoms with Crippen molar-refractivity contribution < 1.29 is 14.3 Å². The lowest BCUT2D eigenvalue weighted by Crippen LogP contribution is -2.58. The van der Waals surface area contributed by atoms with E-state index >= 15 is 0 Å². The summed E-state index contributed by atoms with van der Waals surface area (Å²) in [4.78, 5) is 31.7. The van der Waals surface area contributed by atoms with Crippen molar-refractivity contribution in [3.05, 3.63) is 40.9 Å². The summed E-state index contributed by atoms with van der Waals surface area (Å²) in [6, 6.07) is 9.85. The molecule has 3 rings (SSSR count). The van der Waals surface area contributed by atoms with Crippen molar-refractivity contribution in [3.63, 3.8) is 0 Å². The summed E-state index contributed by atoms with van der Waals surface area (Å²) < 4.78 is 5.78. The number of aryl methyl sites for hydroxylation is 1. The van der Waals surface area contributed by atoms with Gasteiger partial charge in [0.25, 0.3) is 0 Å². The zero-order valence-electron chi connectivity index (χ0n) is 15.3. The highest BCUT2D eigenvalue weighted by atomic mass is 32.1. The molecule has 25 heavy (non-hydrogen) atoms. The van der Waals surface area contributed by atoms with E-state index in [0.29, 0.717) is 5.69 Å². The van der Waals surface area contributed by atoms with Crippen molar-refractivity contribution >= 4 is 22.9 Å². The Hall–Kier alpha value is -1.85. The molecule has 0 amide bonds. The van der Waals surface area contributed by atoms with Gasteiger partial charge in [-0.1, -0.05) is 37.3 Å². The van der Waals surface area contributed by atoms with E-state index in [0.717, 1.165) is 21.9 Å². The second-order valence-corrected chi connectivity index (χ2v) is 8.41. The first-order chi connectivity index (χ1) is 11.7. The molecule has 1 aromatic heterocycles. The van der Waals surface area contributed by atoms with Crippen LogP contribution >= 0.6 is 11.3 Å². The van der Waals surface area contributed by atoms with E-state index in [4.69, 9.17) is 9.72 Å². The molecule has 1 aromatic carbocycles. The van der Waals surface area contributed by atoms with Crippen LogP contribution in [0.3, 0.4) is 0 Å². The normalized spacial score (nSPS) is 20.0. The van der Waals surface area contributed by atoms with E-state index in [1.54, 1.807) is 39.0 Å². The second-order valence-electron chi connectivity index (χ2n) is 7.33. The summed E-state index contributed by atoms with van der Waals surface area (Å²) in [5.74, 6) is -1.28. The van der Waals surface area contributed by atoms with Crippen LogP contribution in [0.2, 0.25) is 0 Å². The number of benzene rings is 1. The Bertz CT molecular complexity index is 795. The van der Waals surface area contributed by atoms with Crippen LogP contribution in [-0.2, 0) is 20.7 Å². The third-order valence-electron chi connectivity index (χ3n) is 4.56. The van der Waals surface area contributed by atoms with Crippen LogP contribution in [0, 0.1) is 0 Å². The maximum absolute atomic E-state index is 13.0. The molecular weight excluding hydrogens is 334 g/mol. The summed E-state index contributed by atoms with van der Waals surface area (Å²) in [6.07, 6.45) is 0.735. The molecule has 132 valence electrons. The Balaban J connectivity index is 2.12. The number of hydrogen-bond donors (Lipinski definition) is 0. The average Bonchev–Trinajstić information content (AvgIpc) is 2.98. The molecule has 2 aromatic rings. The highest BCUT2D eigenvalue weighted by Crippen LogP contribution is 2.41. The summed E-state index contributed by atoms with van der Waals surface area (Å²) in [5, 5.41) is 0.843. The Morgan fingerprint density at radius 3 is 2.12 bits per heavy atom. The Morgan fingerprint density at radius 1 is 1.04 bits per heavy atom. The van der Waals surface area contributed by atoms with E-state index in [-0.39, 0.29) is 11.6 Å². The number of carbonyl (C=O) groups excluding carboxylic acids is 2. The molecular formula is C20H23NO3S. The van der Waals surface area contributed by atoms with Crippen LogP contribution in [0.5, 0.6) is 0 Å². The predicted molar refractivity (Wildman–Crippen MR) is 98.9 cm³/mol. The van der Waals surface area contributed by atoms with Crippen molar-refractivity contribution in [3.8, 4) is 10.6 Å². The summed E-state index contributed by atoms with van der Waals surface area (Å²) in [7, 11) is 0. The molecule has 1 fully saturated rings. The minimum absolute atomic E-state index is 0.212. The van der Waals surface area contributed by atoms with Gasteiger partial charge in [-0.25, -0.2) is 4.98 Å². The molecule has 1 aliphatic heterocycles. The number of ether oxygens (including phenoxy) is 1. The fraction of sp³-hybridized carbons (Fsp3) is 0.450. The monoisotopic (exact) mass is 357 g/mol. The molecule has 0 saturated carbocycles. The van der Waals surface area contributed by atoms with Gasteiger partial charge in [-0.2, -0.15) is 0 Å². The van der Waals surface area contributed by atoms with Gasteiger partial charge in [0, 0.05) is 10.4 Å². The number of carbonyl (C=O) groups is 2. The average molecular weight is 357 g/mol. The molecule has 0 atom stereocenters. The van der Waals surface area contributed by atoms with Crippen molar-refractivity contribution in [2.45, 2.75) is 58.2 Å². The molecule has 1 aliphatic rings. The third-order valence-corrected chi connectivity index (χ3v) is 5.83. The molecule has 1 saturated heterocycles. The molecule has 2 heterocycles. The fourth-order valence-electron chi connectivity index (χ4n) is 3.35. The topological polar surface area (TPSA) is 56.3 Å². The maximum atomic E-state index is 13.0. The van der Waals surface area contributed by atoms with Crippen molar-refractivity contribution in [1.82, 2.24) is 4.98 Å². The SMILES string of the molecule is CCc1sc(-c2ccccc2)nc1C1C(=O)C(C)(C)OC(C)(C)C1=O. The van der Waals surface area contributed by atoms with Gasteiger partial charge in [-0.15, -0.1) is 11.3 Å². The van der Waals surface area contributed by atoms with Gasteiger partial charge in [0.2, 0.25) is 0 Å². The van der Waals surface area contributed by atoms with Gasteiger partial charge in [0.05, 0.1) is 5.69 Å². The van der Waals surface area contributed by atoms with Crippen LogP contribution in [0.15, 0.2) is 30.3 Å². The zero-order chi connectivity index (χ0) is 18.4. The molecule has 0 bridgehead atoms. The quantitative estimate of drug-likeness (QED) is 0.773. The van der Waals surface area contributed by atoms with Crippen molar-refractivity contribution in [2.75, 3.05) is 0 Å². The first-order valence-corrected chi connectivity index (χ1v) is 9.33. The number of nitrogens with zero attached hydrogens (tertiary/aromatic N) is 1. The van der Waals surface area contributed by atoms with Gasteiger partial charge in [-0.05, 0) is 34.1 Å². The van der Waals surface area contributed by atoms with Gasteiger partial charge in [-0.3, -0.25) is 9.59 Å². The molecule has 0 unspecified atom stereocenters. The van der Waals surface area contributed by atoms with Gasteiger partial charge >= 0.3 is 0 Å². The highest BCUT2D eigenvalue weighted by molar-refractivity contribution is 7.15. The van der Waals surface area contributed by atoms with E-state index in [1.165, 1.54) is 0 Å². The summed E-state index contributed by atoms with van der Waals surface area (Å²) in [5.41, 5.74) is -0.419. The lowest BCUT2D eigenvalue weighted by molar-refractivity contribution is -0.184. The minimum Gasteiger partial charge on any atom is -0.354 e. The van der Waals surface area contributed by atoms with Gasteiger partial charge < -0.3 is 4.74 Å². The lowest BCUT2D eigenvalue weighted by atomic mass is 9.76. The molecule has 5 heteroatoms. The molecule has 0 aliphatic carbocycles. The maximum Gasteiger partial charge on any atom is 0.180 e. The fourth-order valence-corrected chi connectivity index (χ4v) is 4.39. The minimum atomic E-state index is -1.01. The highest BCUT2D eigenvalue weighted by Gasteiger charge is 2.54. The Morgan fingerprint density at radius 2 is 1.60 bits per heavy atom. The van der Waals surface area contributed by atoms with Crippen LogP contribution in [0.4, 0.5) is 0 Å². The van der Waals surface area contributed by atoms with E-state index in [1.807, 2.05) is 37.3 Å². The van der Waals surface area contributed by atoms with Crippen molar-refractivity contribution in [2.24, 2.45) is 0 Å². The largest absolute Gasteiger partial charge is 0.354 e. The van der Waals surface area contributed by atoms with Crippen molar-refractivity contribution in [1.29, 1.82) is 0 Å². The standard InChI is InChI=1S/C20H23NO3S/c1-6-13-15(21-18(25-13)12-10-8-7-9-11-12)14-16(22)19(2,3)24-20(4,5)17(14)23/h7-11,14H,6H2,1-5H3. The first-order valence-electron chi connectivity index (χ1n) is 8.51. The summed E-state index contributed by atoms with van der Waals surface area (Å²) >= 11 is 1.55. The number of aromatic nitrogens is 1. The van der Waals surface area contributed by atoms with Gasteiger partial charge in [0.1, 0.15) is 22.1 Å². The number of ketones is 2. The van der Waals surface area contributed by atoms with Crippen LogP contribution in [-0.4, -0.2) is 27.8 Å². The number of rotatable bonds is 3. The lowest BCUT2D eigenvalue weighted by Gasteiger charge is -2.42. The molecule has 0 N–H and O–H groups in total. The Labute approximate surface area is 152 Å². The molecule has 4 nitrogen and oxygen atoms in total. The van der Waals surface area contributed by atoms with Gasteiger partial charge in [0.15, 0.2) is 11.6 Å². The second kappa shape index (κ2) is 6.15. The number of thiazole rings is 1. The predicted octanol–water partition coefficient (Wildman–Crippen LogP) is 4.18. The van der Waals surface area contributed by atoms with E-state index in [2.05, 4.69) is 0 Å². The summed E-state index contributed by atoms with van der Waals surface area (Å²) in [6.45, 7) is 8.94.